The van der Waals surface area contributed by atoms with E-state index < -0.39 is 23.7 Å². The average molecular weight is 414 g/mol. The van der Waals surface area contributed by atoms with E-state index >= 15 is 0 Å². The van der Waals surface area contributed by atoms with Gasteiger partial charge in [-0.2, -0.15) is 0 Å². The molecule has 0 radical (unpaired) electrons. The molecule has 0 unspecified atom stereocenters. The number of rotatable bonds is 10. The Kier molecular flexibility index (Phi) is 8.21. The average Bonchev–Trinajstić information content (AvgIpc) is 3.16. The van der Waals surface area contributed by atoms with Crippen LogP contribution in [0, 0.1) is 5.82 Å². The van der Waals surface area contributed by atoms with Crippen LogP contribution in [0.5, 0.6) is 5.75 Å². The fraction of sp³-hybridized carbons (Fsp3) is 0.389. The second kappa shape index (κ2) is 10.6. The van der Waals surface area contributed by atoms with Crippen molar-refractivity contribution in [2.45, 2.75) is 25.9 Å². The van der Waals surface area contributed by atoms with Crippen LogP contribution in [0.15, 0.2) is 28.8 Å². The van der Waals surface area contributed by atoms with Crippen molar-refractivity contribution >= 4 is 23.4 Å². The summed E-state index contributed by atoms with van der Waals surface area (Å²) in [4.78, 5) is 23.6. The van der Waals surface area contributed by atoms with Crippen molar-refractivity contribution in [3.8, 4) is 5.75 Å². The van der Waals surface area contributed by atoms with Gasteiger partial charge < -0.3 is 25.0 Å². The largest absolute Gasteiger partial charge is 0.484 e. The van der Waals surface area contributed by atoms with E-state index in [1.807, 2.05) is 6.92 Å². The lowest BCUT2D eigenvalue weighted by Crippen LogP contribution is -2.37. The normalized spacial score (nSPS) is 11.7. The maximum Gasteiger partial charge on any atom is 0.273 e. The van der Waals surface area contributed by atoms with Gasteiger partial charge in [0.05, 0.1) is 11.1 Å². The lowest BCUT2D eigenvalue weighted by molar-refractivity contribution is -0.123. The second-order valence-electron chi connectivity index (χ2n) is 5.90. The number of carbonyl (C=O) groups is 2. The number of aliphatic hydroxyl groups excluding tert-OH is 1. The van der Waals surface area contributed by atoms with Gasteiger partial charge in [-0.1, -0.05) is 23.7 Å². The lowest BCUT2D eigenvalue weighted by atomic mass is 10.2. The Morgan fingerprint density at radius 2 is 2.14 bits per heavy atom. The summed E-state index contributed by atoms with van der Waals surface area (Å²) < 4.78 is 23.4. The van der Waals surface area contributed by atoms with Crippen LogP contribution in [0.4, 0.5) is 4.39 Å². The van der Waals surface area contributed by atoms with Crippen LogP contribution >= 0.6 is 11.6 Å². The van der Waals surface area contributed by atoms with Crippen molar-refractivity contribution in [3.05, 3.63) is 46.6 Å². The molecule has 0 saturated carbocycles. The molecule has 2 rings (SSSR count). The summed E-state index contributed by atoms with van der Waals surface area (Å²) >= 11 is 5.56. The summed E-state index contributed by atoms with van der Waals surface area (Å²) in [5, 5.41) is 18.6. The molecule has 1 aromatic heterocycles. The number of halogens is 2. The molecular weight excluding hydrogens is 393 g/mol. The Labute approximate surface area is 166 Å². The SMILES string of the molecule is CCc1cc(C(=O)NCC[C@H](O)CNC(=O)COc2ccc(Cl)c(F)c2)no1. The topological polar surface area (TPSA) is 114 Å². The van der Waals surface area contributed by atoms with Gasteiger partial charge >= 0.3 is 0 Å². The van der Waals surface area contributed by atoms with Gasteiger partial charge in [0.15, 0.2) is 12.3 Å². The van der Waals surface area contributed by atoms with Crippen molar-refractivity contribution in [2.24, 2.45) is 0 Å². The fourth-order valence-electron chi connectivity index (χ4n) is 2.13. The summed E-state index contributed by atoms with van der Waals surface area (Å²) in [6, 6.07) is 5.39. The molecule has 8 nitrogen and oxygen atoms in total. The first-order valence-corrected chi connectivity index (χ1v) is 9.03. The third kappa shape index (κ3) is 6.82. The van der Waals surface area contributed by atoms with Crippen molar-refractivity contribution < 1.29 is 28.3 Å². The molecule has 0 fully saturated rings. The smallest absolute Gasteiger partial charge is 0.273 e. The molecule has 0 aliphatic rings. The number of hydrogen-bond acceptors (Lipinski definition) is 6. The van der Waals surface area contributed by atoms with E-state index in [4.69, 9.17) is 20.9 Å². The summed E-state index contributed by atoms with van der Waals surface area (Å²) in [6.07, 6.45) is 0.00378. The van der Waals surface area contributed by atoms with Crippen molar-refractivity contribution in [2.75, 3.05) is 19.7 Å². The maximum atomic E-state index is 13.3. The first-order valence-electron chi connectivity index (χ1n) is 8.65. The maximum absolute atomic E-state index is 13.3. The second-order valence-corrected chi connectivity index (χ2v) is 6.31. The highest BCUT2D eigenvalue weighted by Gasteiger charge is 2.13. The number of benzene rings is 1. The molecular formula is C18H21ClFN3O5. The third-order valence-electron chi connectivity index (χ3n) is 3.70. The number of hydrogen-bond donors (Lipinski definition) is 3. The minimum atomic E-state index is -0.860. The van der Waals surface area contributed by atoms with E-state index in [9.17, 15) is 19.1 Å². The number of ether oxygens (including phenoxy) is 1. The fourth-order valence-corrected chi connectivity index (χ4v) is 2.25. The van der Waals surface area contributed by atoms with Gasteiger partial charge in [-0.15, -0.1) is 0 Å². The standard InChI is InChI=1S/C18H21ClFN3O5/c1-2-12-8-16(23-28-12)18(26)21-6-5-11(24)9-22-17(25)10-27-13-3-4-14(19)15(20)7-13/h3-4,7-8,11,24H,2,5-6,9-10H2,1H3,(H,21,26)(H,22,25)/t11-/m0/s1. The Morgan fingerprint density at radius 3 is 2.82 bits per heavy atom. The van der Waals surface area contributed by atoms with E-state index in [1.165, 1.54) is 12.1 Å². The van der Waals surface area contributed by atoms with Gasteiger partial charge in [-0.3, -0.25) is 9.59 Å². The minimum absolute atomic E-state index is 0.0169. The van der Waals surface area contributed by atoms with Crippen molar-refractivity contribution in [3.63, 3.8) is 0 Å². The molecule has 0 aliphatic heterocycles. The van der Waals surface area contributed by atoms with E-state index in [0.717, 1.165) is 6.07 Å². The number of nitrogens with zero attached hydrogens (tertiary/aromatic N) is 1. The number of amides is 2. The zero-order chi connectivity index (χ0) is 20.5. The minimum Gasteiger partial charge on any atom is -0.484 e. The number of nitrogens with one attached hydrogen (secondary N) is 2. The van der Waals surface area contributed by atoms with Crippen molar-refractivity contribution in [1.82, 2.24) is 15.8 Å². The van der Waals surface area contributed by atoms with Gasteiger partial charge in [0, 0.05) is 31.6 Å². The van der Waals surface area contributed by atoms with E-state index in [2.05, 4.69) is 15.8 Å². The molecule has 0 spiro atoms. The summed E-state index contributed by atoms with van der Waals surface area (Å²) in [5.74, 6) is -0.749. The van der Waals surface area contributed by atoms with Crippen LogP contribution in [0.1, 0.15) is 29.6 Å². The van der Waals surface area contributed by atoms with Crippen molar-refractivity contribution in [1.29, 1.82) is 0 Å². The van der Waals surface area contributed by atoms with Crippen LogP contribution < -0.4 is 15.4 Å². The first kappa shape index (κ1) is 21.6. The molecule has 10 heteroatoms. The summed E-state index contributed by atoms with van der Waals surface area (Å²) in [6.45, 7) is 1.73. The van der Waals surface area contributed by atoms with Crippen LogP contribution in [-0.4, -0.2) is 47.9 Å². The Bertz CT molecular complexity index is 814. The highest BCUT2D eigenvalue weighted by Crippen LogP contribution is 2.20. The molecule has 0 saturated heterocycles. The molecule has 152 valence electrons. The molecule has 1 aromatic carbocycles. The summed E-state index contributed by atoms with van der Waals surface area (Å²) in [5.41, 5.74) is 0.176. The molecule has 1 heterocycles. The number of aromatic nitrogens is 1. The highest BCUT2D eigenvalue weighted by atomic mass is 35.5. The molecule has 0 aliphatic carbocycles. The summed E-state index contributed by atoms with van der Waals surface area (Å²) in [7, 11) is 0. The number of aryl methyl sites for hydroxylation is 1. The molecule has 1 atom stereocenters. The monoisotopic (exact) mass is 413 g/mol. The van der Waals surface area contributed by atoms with Crippen LogP contribution in [0.3, 0.4) is 0 Å². The Balaban J connectivity index is 1.62. The molecule has 28 heavy (non-hydrogen) atoms. The van der Waals surface area contributed by atoms with E-state index in [-0.39, 0.29) is 42.6 Å². The number of carbonyl (C=O) groups excluding carboxylic acids is 2. The van der Waals surface area contributed by atoms with Gasteiger partial charge in [0.25, 0.3) is 11.8 Å². The molecule has 0 bridgehead atoms. The van der Waals surface area contributed by atoms with Crippen LogP contribution in [0.25, 0.3) is 0 Å². The lowest BCUT2D eigenvalue weighted by Gasteiger charge is -2.12. The molecule has 3 N–H and O–H groups in total. The predicted octanol–water partition coefficient (Wildman–Crippen LogP) is 1.71. The molecule has 2 amide bonds. The van der Waals surface area contributed by atoms with Gasteiger partial charge in [-0.05, 0) is 18.6 Å². The Hall–Kier alpha value is -2.65. The van der Waals surface area contributed by atoms with Gasteiger partial charge in [0.2, 0.25) is 0 Å². The van der Waals surface area contributed by atoms with E-state index in [1.54, 1.807) is 6.07 Å². The zero-order valence-electron chi connectivity index (χ0n) is 15.2. The Morgan fingerprint density at radius 1 is 1.36 bits per heavy atom. The quantitative estimate of drug-likeness (QED) is 0.546. The van der Waals surface area contributed by atoms with Crippen LogP contribution in [0.2, 0.25) is 5.02 Å². The van der Waals surface area contributed by atoms with Gasteiger partial charge in [0.1, 0.15) is 17.3 Å². The van der Waals surface area contributed by atoms with E-state index in [0.29, 0.717) is 12.2 Å². The highest BCUT2D eigenvalue weighted by molar-refractivity contribution is 6.30. The van der Waals surface area contributed by atoms with Crippen LogP contribution in [-0.2, 0) is 11.2 Å². The first-order chi connectivity index (χ1) is 13.4. The molecule has 2 aromatic rings. The number of aliphatic hydroxyl groups is 1. The third-order valence-corrected chi connectivity index (χ3v) is 4.01. The zero-order valence-corrected chi connectivity index (χ0v) is 16.0. The predicted molar refractivity (Wildman–Crippen MR) is 98.8 cm³/mol. The van der Waals surface area contributed by atoms with Gasteiger partial charge in [-0.25, -0.2) is 4.39 Å².